The van der Waals surface area contributed by atoms with Gasteiger partial charge in [0.1, 0.15) is 12.1 Å². The number of rotatable bonds is 3. The Hall–Kier alpha value is -1.68. The molecule has 0 aliphatic carbocycles. The van der Waals surface area contributed by atoms with Gasteiger partial charge >= 0.3 is 0 Å². The first-order valence-electron chi connectivity index (χ1n) is 5.36. The highest BCUT2D eigenvalue weighted by atomic mass is 15.2. The van der Waals surface area contributed by atoms with Gasteiger partial charge < -0.3 is 10.6 Å². The Morgan fingerprint density at radius 2 is 2.06 bits per heavy atom. The van der Waals surface area contributed by atoms with Crippen LogP contribution in [0, 0.1) is 0 Å². The SMILES string of the molecule is CC(CN)N(C)c1ncnc2ccccc12. The van der Waals surface area contributed by atoms with E-state index in [1.54, 1.807) is 6.33 Å². The van der Waals surface area contributed by atoms with E-state index in [2.05, 4.69) is 21.8 Å². The summed E-state index contributed by atoms with van der Waals surface area (Å²) in [5, 5.41) is 1.06. The highest BCUT2D eigenvalue weighted by Crippen LogP contribution is 2.22. The zero-order valence-electron chi connectivity index (χ0n) is 9.59. The normalized spacial score (nSPS) is 12.7. The molecular weight excluding hydrogens is 200 g/mol. The summed E-state index contributed by atoms with van der Waals surface area (Å²) >= 11 is 0. The summed E-state index contributed by atoms with van der Waals surface area (Å²) in [5.74, 6) is 0.934. The van der Waals surface area contributed by atoms with Crippen LogP contribution in [0.1, 0.15) is 6.92 Å². The second-order valence-corrected chi connectivity index (χ2v) is 3.91. The van der Waals surface area contributed by atoms with Crippen LogP contribution in [0.2, 0.25) is 0 Å². The smallest absolute Gasteiger partial charge is 0.139 e. The fourth-order valence-electron chi connectivity index (χ4n) is 1.64. The van der Waals surface area contributed by atoms with Crippen LogP contribution in [-0.4, -0.2) is 29.6 Å². The molecule has 0 amide bonds. The maximum absolute atomic E-state index is 5.67. The van der Waals surface area contributed by atoms with E-state index in [0.29, 0.717) is 6.54 Å². The first-order chi connectivity index (χ1) is 7.74. The highest BCUT2D eigenvalue weighted by Gasteiger charge is 2.12. The van der Waals surface area contributed by atoms with Gasteiger partial charge in [-0.15, -0.1) is 0 Å². The number of hydrogen-bond donors (Lipinski definition) is 1. The molecule has 0 spiro atoms. The van der Waals surface area contributed by atoms with Crippen LogP contribution >= 0.6 is 0 Å². The van der Waals surface area contributed by atoms with E-state index in [9.17, 15) is 0 Å². The van der Waals surface area contributed by atoms with Crippen molar-refractivity contribution in [2.24, 2.45) is 5.73 Å². The predicted molar refractivity (Wildman–Crippen MR) is 66.5 cm³/mol. The molecule has 1 aromatic heterocycles. The maximum atomic E-state index is 5.67. The Bertz CT molecular complexity index is 478. The van der Waals surface area contributed by atoms with Gasteiger partial charge in [-0.1, -0.05) is 12.1 Å². The fourth-order valence-corrected chi connectivity index (χ4v) is 1.64. The number of nitrogens with zero attached hydrogens (tertiary/aromatic N) is 3. The lowest BCUT2D eigenvalue weighted by Crippen LogP contribution is -2.35. The van der Waals surface area contributed by atoms with E-state index in [4.69, 9.17) is 5.73 Å². The minimum atomic E-state index is 0.262. The summed E-state index contributed by atoms with van der Waals surface area (Å²) < 4.78 is 0. The van der Waals surface area contributed by atoms with Crippen molar-refractivity contribution >= 4 is 16.7 Å². The summed E-state index contributed by atoms with van der Waals surface area (Å²) in [5.41, 5.74) is 6.63. The molecule has 1 unspecified atom stereocenters. The second-order valence-electron chi connectivity index (χ2n) is 3.91. The molecule has 0 saturated carbocycles. The number of aromatic nitrogens is 2. The lowest BCUT2D eigenvalue weighted by Gasteiger charge is -2.25. The lowest BCUT2D eigenvalue weighted by atomic mass is 10.2. The van der Waals surface area contributed by atoms with E-state index in [1.807, 2.05) is 31.3 Å². The molecule has 1 aromatic carbocycles. The Balaban J connectivity index is 2.52. The first-order valence-corrected chi connectivity index (χ1v) is 5.36. The van der Waals surface area contributed by atoms with Gasteiger partial charge in [-0.05, 0) is 19.1 Å². The van der Waals surface area contributed by atoms with Crippen molar-refractivity contribution in [3.63, 3.8) is 0 Å². The topological polar surface area (TPSA) is 55.0 Å². The van der Waals surface area contributed by atoms with Gasteiger partial charge in [0, 0.05) is 25.0 Å². The van der Waals surface area contributed by atoms with Crippen molar-refractivity contribution in [3.05, 3.63) is 30.6 Å². The third-order valence-electron chi connectivity index (χ3n) is 2.86. The fraction of sp³-hybridized carbons (Fsp3) is 0.333. The molecule has 0 radical (unpaired) electrons. The molecule has 84 valence electrons. The molecule has 2 aromatic rings. The van der Waals surface area contributed by atoms with E-state index in [1.165, 1.54) is 0 Å². The van der Waals surface area contributed by atoms with Crippen LogP contribution in [0.3, 0.4) is 0 Å². The predicted octanol–water partition coefficient (Wildman–Crippen LogP) is 1.41. The number of anilines is 1. The van der Waals surface area contributed by atoms with Gasteiger partial charge in [0.2, 0.25) is 0 Å². The molecule has 16 heavy (non-hydrogen) atoms. The van der Waals surface area contributed by atoms with Gasteiger partial charge in [0.05, 0.1) is 5.52 Å². The molecule has 0 aliphatic heterocycles. The van der Waals surface area contributed by atoms with Gasteiger partial charge in [-0.25, -0.2) is 9.97 Å². The first kappa shape index (κ1) is 10.8. The molecule has 4 nitrogen and oxygen atoms in total. The van der Waals surface area contributed by atoms with Crippen LogP contribution in [-0.2, 0) is 0 Å². The van der Waals surface area contributed by atoms with Crippen LogP contribution in [0.15, 0.2) is 30.6 Å². The minimum Gasteiger partial charge on any atom is -0.355 e. The van der Waals surface area contributed by atoms with Crippen molar-refractivity contribution in [2.75, 3.05) is 18.5 Å². The molecule has 0 fully saturated rings. The standard InChI is InChI=1S/C12H16N4/c1-9(7-13)16(2)12-10-5-3-4-6-11(10)14-8-15-12/h3-6,8-9H,7,13H2,1-2H3. The Labute approximate surface area is 95.1 Å². The second kappa shape index (κ2) is 4.45. The number of nitrogens with two attached hydrogens (primary N) is 1. The largest absolute Gasteiger partial charge is 0.355 e. The van der Waals surface area contributed by atoms with Gasteiger partial charge in [0.25, 0.3) is 0 Å². The van der Waals surface area contributed by atoms with Crippen LogP contribution in [0.25, 0.3) is 10.9 Å². The number of likely N-dealkylation sites (N-methyl/N-ethyl adjacent to an activating group) is 1. The summed E-state index contributed by atoms with van der Waals surface area (Å²) in [7, 11) is 2.01. The quantitative estimate of drug-likeness (QED) is 0.843. The summed E-state index contributed by atoms with van der Waals surface area (Å²) in [6, 6.07) is 8.26. The van der Waals surface area contributed by atoms with E-state index < -0.39 is 0 Å². The summed E-state index contributed by atoms with van der Waals surface area (Å²) in [4.78, 5) is 10.7. The Morgan fingerprint density at radius 1 is 1.31 bits per heavy atom. The van der Waals surface area contributed by atoms with Crippen molar-refractivity contribution in [2.45, 2.75) is 13.0 Å². The average molecular weight is 216 g/mol. The zero-order chi connectivity index (χ0) is 11.5. The zero-order valence-corrected chi connectivity index (χ0v) is 9.59. The number of benzene rings is 1. The van der Waals surface area contributed by atoms with Gasteiger partial charge in [-0.2, -0.15) is 0 Å². The Morgan fingerprint density at radius 3 is 2.81 bits per heavy atom. The molecule has 1 heterocycles. The minimum absolute atomic E-state index is 0.262. The number of fused-ring (bicyclic) bond motifs is 1. The highest BCUT2D eigenvalue weighted by molar-refractivity contribution is 5.89. The Kier molecular flexibility index (Phi) is 3.01. The average Bonchev–Trinajstić information content (AvgIpc) is 2.36. The van der Waals surface area contributed by atoms with E-state index in [0.717, 1.165) is 16.7 Å². The van der Waals surface area contributed by atoms with Crippen LogP contribution < -0.4 is 10.6 Å². The molecule has 1 atom stereocenters. The maximum Gasteiger partial charge on any atom is 0.139 e. The van der Waals surface area contributed by atoms with Crippen molar-refractivity contribution in [3.8, 4) is 0 Å². The third-order valence-corrected chi connectivity index (χ3v) is 2.86. The number of hydrogen-bond acceptors (Lipinski definition) is 4. The monoisotopic (exact) mass is 216 g/mol. The van der Waals surface area contributed by atoms with Crippen molar-refractivity contribution < 1.29 is 0 Å². The van der Waals surface area contributed by atoms with E-state index >= 15 is 0 Å². The van der Waals surface area contributed by atoms with Crippen LogP contribution in [0.5, 0.6) is 0 Å². The molecule has 2 N–H and O–H groups in total. The van der Waals surface area contributed by atoms with Crippen molar-refractivity contribution in [1.82, 2.24) is 9.97 Å². The third kappa shape index (κ3) is 1.84. The van der Waals surface area contributed by atoms with E-state index in [-0.39, 0.29) is 6.04 Å². The molecule has 0 saturated heterocycles. The molecule has 2 rings (SSSR count). The van der Waals surface area contributed by atoms with Crippen molar-refractivity contribution in [1.29, 1.82) is 0 Å². The lowest BCUT2D eigenvalue weighted by molar-refractivity contribution is 0.689. The summed E-state index contributed by atoms with van der Waals surface area (Å²) in [6.45, 7) is 2.69. The molecule has 0 bridgehead atoms. The number of para-hydroxylation sites is 1. The molecular formula is C12H16N4. The van der Waals surface area contributed by atoms with Crippen LogP contribution in [0.4, 0.5) is 5.82 Å². The van der Waals surface area contributed by atoms with Gasteiger partial charge in [-0.3, -0.25) is 0 Å². The summed E-state index contributed by atoms with van der Waals surface area (Å²) in [6.07, 6.45) is 1.59. The van der Waals surface area contributed by atoms with Gasteiger partial charge in [0.15, 0.2) is 0 Å². The molecule has 0 aliphatic rings. The molecule has 4 heteroatoms.